The van der Waals surface area contributed by atoms with Gasteiger partial charge in [-0.05, 0) is 49.4 Å². The highest BCUT2D eigenvalue weighted by Crippen LogP contribution is 2.35. The second-order valence-corrected chi connectivity index (χ2v) is 8.64. The van der Waals surface area contributed by atoms with Crippen molar-refractivity contribution in [2.45, 2.75) is 52.4 Å². The molecule has 2 aliphatic rings. The van der Waals surface area contributed by atoms with Crippen molar-refractivity contribution in [3.05, 3.63) is 49.6 Å². The van der Waals surface area contributed by atoms with E-state index in [1.807, 2.05) is 25.2 Å². The zero-order valence-electron chi connectivity index (χ0n) is 19.0. The molecule has 0 aromatic carbocycles. The van der Waals surface area contributed by atoms with Crippen LogP contribution in [-0.4, -0.2) is 23.9 Å². The van der Waals surface area contributed by atoms with E-state index in [0.717, 1.165) is 12.8 Å². The molecule has 6 unspecified atom stereocenters. The molecule has 0 bridgehead atoms. The lowest BCUT2D eigenvalue weighted by molar-refractivity contribution is -0.155. The maximum Gasteiger partial charge on any atom is 0.317 e. The van der Waals surface area contributed by atoms with Crippen molar-refractivity contribution >= 4 is 23.9 Å². The van der Waals surface area contributed by atoms with E-state index in [2.05, 4.69) is 32.2 Å². The number of allylic oxidation sites excluding steroid dienone is 6. The Balaban J connectivity index is 2.17. The van der Waals surface area contributed by atoms with Gasteiger partial charge in [-0.3, -0.25) is 19.2 Å². The van der Waals surface area contributed by atoms with Crippen LogP contribution in [0.25, 0.3) is 0 Å². The fourth-order valence-electron chi connectivity index (χ4n) is 4.26. The van der Waals surface area contributed by atoms with Gasteiger partial charge in [0.15, 0.2) is 0 Å². The normalized spacial score (nSPS) is 25.1. The fraction of sp³-hybridized carbons (Fsp3) is 0.538. The standard InChI is InChI=1S/C26H34O6/c1-5-17(4)11-9-8-10-12-18(6-2)20(22-16-24(28)32-26(22)30)14-13-19(7-3)21-15-23(27)31-25(21)29/h5-6,8,10,13-14,17-22H,1-2,7,9,11-12,15-16H2,3-4H3/b10-8+,14-13+. The van der Waals surface area contributed by atoms with Crippen LogP contribution in [0, 0.1) is 35.5 Å². The first-order valence-corrected chi connectivity index (χ1v) is 11.4. The molecular formula is C26H34O6. The highest BCUT2D eigenvalue weighted by Gasteiger charge is 2.41. The summed E-state index contributed by atoms with van der Waals surface area (Å²) >= 11 is 0. The van der Waals surface area contributed by atoms with E-state index < -0.39 is 35.7 Å². The lowest BCUT2D eigenvalue weighted by atomic mass is 9.77. The van der Waals surface area contributed by atoms with Gasteiger partial charge in [0, 0.05) is 0 Å². The Kier molecular flexibility index (Phi) is 9.82. The maximum absolute atomic E-state index is 12.3. The smallest absolute Gasteiger partial charge is 0.317 e. The van der Waals surface area contributed by atoms with Crippen LogP contribution in [0.5, 0.6) is 0 Å². The molecule has 6 atom stereocenters. The van der Waals surface area contributed by atoms with Gasteiger partial charge < -0.3 is 9.47 Å². The Morgan fingerprint density at radius 1 is 0.938 bits per heavy atom. The first-order chi connectivity index (χ1) is 15.3. The van der Waals surface area contributed by atoms with E-state index in [1.165, 1.54) is 0 Å². The molecule has 0 amide bonds. The molecule has 6 nitrogen and oxygen atoms in total. The van der Waals surface area contributed by atoms with Crippen molar-refractivity contribution in [2.24, 2.45) is 35.5 Å². The number of carbonyl (C=O) groups is 4. The van der Waals surface area contributed by atoms with Gasteiger partial charge >= 0.3 is 23.9 Å². The molecule has 0 aromatic rings. The quantitative estimate of drug-likeness (QED) is 0.233. The third-order valence-electron chi connectivity index (χ3n) is 6.40. The number of hydrogen-bond donors (Lipinski definition) is 0. The van der Waals surface area contributed by atoms with E-state index in [0.29, 0.717) is 18.8 Å². The number of esters is 4. The van der Waals surface area contributed by atoms with Crippen LogP contribution in [0.3, 0.4) is 0 Å². The van der Waals surface area contributed by atoms with Gasteiger partial charge in [-0.25, -0.2) is 0 Å². The molecule has 2 rings (SSSR count). The van der Waals surface area contributed by atoms with Gasteiger partial charge in [0.05, 0.1) is 24.7 Å². The van der Waals surface area contributed by atoms with Crippen molar-refractivity contribution in [1.82, 2.24) is 0 Å². The van der Waals surface area contributed by atoms with Gasteiger partial charge in [0.2, 0.25) is 0 Å². The Labute approximate surface area is 190 Å². The van der Waals surface area contributed by atoms with E-state index in [4.69, 9.17) is 9.47 Å². The predicted molar refractivity (Wildman–Crippen MR) is 121 cm³/mol. The molecule has 2 saturated heterocycles. The zero-order chi connectivity index (χ0) is 23.7. The minimum atomic E-state index is -0.592. The van der Waals surface area contributed by atoms with Crippen molar-refractivity contribution in [3.8, 4) is 0 Å². The van der Waals surface area contributed by atoms with Crippen molar-refractivity contribution < 1.29 is 28.7 Å². The van der Waals surface area contributed by atoms with Crippen LogP contribution in [0.4, 0.5) is 0 Å². The summed E-state index contributed by atoms with van der Waals surface area (Å²) in [5.41, 5.74) is 0. The first kappa shape index (κ1) is 25.5. The molecule has 0 aromatic heterocycles. The van der Waals surface area contributed by atoms with E-state index >= 15 is 0 Å². The summed E-state index contributed by atoms with van der Waals surface area (Å²) in [6.07, 6.45) is 15.1. The largest absolute Gasteiger partial charge is 0.393 e. The number of cyclic esters (lactones) is 4. The topological polar surface area (TPSA) is 86.7 Å². The third kappa shape index (κ3) is 6.87. The Morgan fingerprint density at radius 3 is 2.06 bits per heavy atom. The summed E-state index contributed by atoms with van der Waals surface area (Å²) in [6, 6.07) is 0. The van der Waals surface area contributed by atoms with Crippen LogP contribution in [0.15, 0.2) is 49.6 Å². The molecule has 2 fully saturated rings. The number of rotatable bonds is 13. The second-order valence-electron chi connectivity index (χ2n) is 8.64. The third-order valence-corrected chi connectivity index (χ3v) is 6.40. The zero-order valence-corrected chi connectivity index (χ0v) is 19.0. The molecule has 6 heteroatoms. The van der Waals surface area contributed by atoms with Gasteiger partial charge in [-0.15, -0.1) is 13.2 Å². The predicted octanol–water partition coefficient (Wildman–Crippen LogP) is 4.72. The average Bonchev–Trinajstić information content (AvgIpc) is 3.28. The van der Waals surface area contributed by atoms with Crippen LogP contribution in [0.2, 0.25) is 0 Å². The minimum Gasteiger partial charge on any atom is -0.393 e. The van der Waals surface area contributed by atoms with Gasteiger partial charge in [0.1, 0.15) is 0 Å². The van der Waals surface area contributed by atoms with E-state index in [-0.39, 0.29) is 30.6 Å². The summed E-state index contributed by atoms with van der Waals surface area (Å²) in [5.74, 6) is -3.29. The number of ether oxygens (including phenoxy) is 2. The van der Waals surface area contributed by atoms with Crippen molar-refractivity contribution in [3.63, 3.8) is 0 Å². The van der Waals surface area contributed by atoms with E-state index in [1.54, 1.807) is 6.08 Å². The Bertz CT molecular complexity index is 792. The van der Waals surface area contributed by atoms with Crippen molar-refractivity contribution in [2.75, 3.05) is 0 Å². The van der Waals surface area contributed by atoms with Gasteiger partial charge in [0.25, 0.3) is 0 Å². The SMILES string of the molecule is C=CC(C)CC/C=C/CC(C=C)C(/C=C/C(CC)C1CC(=O)OC1=O)C1CC(=O)OC1=O. The van der Waals surface area contributed by atoms with E-state index in [9.17, 15) is 19.2 Å². The average molecular weight is 443 g/mol. The fourth-order valence-corrected chi connectivity index (χ4v) is 4.26. The van der Waals surface area contributed by atoms with Crippen LogP contribution in [0.1, 0.15) is 52.4 Å². The second kappa shape index (κ2) is 12.3. The molecule has 0 spiro atoms. The molecule has 32 heavy (non-hydrogen) atoms. The summed E-state index contributed by atoms with van der Waals surface area (Å²) in [7, 11) is 0. The van der Waals surface area contributed by atoms with Crippen molar-refractivity contribution in [1.29, 1.82) is 0 Å². The number of carbonyl (C=O) groups excluding carboxylic acids is 4. The molecule has 174 valence electrons. The summed E-state index contributed by atoms with van der Waals surface area (Å²) in [4.78, 5) is 47.6. The highest BCUT2D eigenvalue weighted by atomic mass is 16.6. The lowest BCUT2D eigenvalue weighted by Crippen LogP contribution is -2.25. The van der Waals surface area contributed by atoms with Gasteiger partial charge in [-0.1, -0.05) is 50.3 Å². The monoisotopic (exact) mass is 442 g/mol. The maximum atomic E-state index is 12.3. The summed E-state index contributed by atoms with van der Waals surface area (Å²) in [6.45, 7) is 11.8. The minimum absolute atomic E-state index is 0.0273. The molecule has 0 aliphatic carbocycles. The van der Waals surface area contributed by atoms with Crippen LogP contribution >= 0.6 is 0 Å². The van der Waals surface area contributed by atoms with Gasteiger partial charge in [-0.2, -0.15) is 0 Å². The molecule has 0 radical (unpaired) electrons. The van der Waals surface area contributed by atoms with Crippen LogP contribution < -0.4 is 0 Å². The highest BCUT2D eigenvalue weighted by molar-refractivity contribution is 5.95. The molecule has 0 N–H and O–H groups in total. The molecule has 0 saturated carbocycles. The Hall–Kier alpha value is -2.76. The summed E-state index contributed by atoms with van der Waals surface area (Å²) in [5, 5.41) is 0. The summed E-state index contributed by atoms with van der Waals surface area (Å²) < 4.78 is 9.50. The van der Waals surface area contributed by atoms with Crippen LogP contribution in [-0.2, 0) is 28.7 Å². The lowest BCUT2D eigenvalue weighted by Gasteiger charge is -2.25. The first-order valence-electron chi connectivity index (χ1n) is 11.4. The molecule has 2 heterocycles. The molecule has 2 aliphatic heterocycles. The molecular weight excluding hydrogens is 408 g/mol. The number of hydrogen-bond acceptors (Lipinski definition) is 6. The Morgan fingerprint density at radius 2 is 1.56 bits per heavy atom.